The quantitative estimate of drug-likeness (QED) is 0.648. The molecule has 0 unspecified atom stereocenters. The minimum Gasteiger partial charge on any atom is -0.488 e. The van der Waals surface area contributed by atoms with Crippen LogP contribution in [-0.4, -0.2) is 13.1 Å². The average molecular weight is 376 g/mol. The van der Waals surface area contributed by atoms with Crippen LogP contribution in [-0.2, 0) is 6.61 Å². The number of anilines is 1. The van der Waals surface area contributed by atoms with Crippen molar-refractivity contribution in [2.75, 3.05) is 18.0 Å². The second-order valence-corrected chi connectivity index (χ2v) is 6.35. The maximum absolute atomic E-state index is 14.1. The zero-order chi connectivity index (χ0) is 17.3. The molecular formula is C17H14Cl2F3NO. The molecule has 2 aromatic rings. The number of halogens is 5. The summed E-state index contributed by atoms with van der Waals surface area (Å²) in [6, 6.07) is 7.02. The highest BCUT2D eigenvalue weighted by atomic mass is 35.5. The van der Waals surface area contributed by atoms with Gasteiger partial charge in [-0.15, -0.1) is 0 Å². The maximum atomic E-state index is 14.1. The molecule has 0 N–H and O–H groups in total. The predicted octanol–water partition coefficient (Wildman–Crippen LogP) is 5.86. The third-order valence-electron chi connectivity index (χ3n) is 3.91. The summed E-state index contributed by atoms with van der Waals surface area (Å²) in [5.74, 6) is -0.707. The maximum Gasteiger partial charge on any atom is 0.267 e. The first-order chi connectivity index (χ1) is 11.5. The largest absolute Gasteiger partial charge is 0.488 e. The average Bonchev–Trinajstić information content (AvgIpc) is 2.46. The third kappa shape index (κ3) is 3.57. The van der Waals surface area contributed by atoms with Gasteiger partial charge in [-0.3, -0.25) is 0 Å². The van der Waals surface area contributed by atoms with Gasteiger partial charge in [-0.1, -0.05) is 29.3 Å². The van der Waals surface area contributed by atoms with Crippen LogP contribution in [0.1, 0.15) is 24.0 Å². The monoisotopic (exact) mass is 375 g/mol. The van der Waals surface area contributed by atoms with Crippen molar-refractivity contribution >= 4 is 28.9 Å². The van der Waals surface area contributed by atoms with Gasteiger partial charge in [0.05, 0.1) is 11.3 Å². The van der Waals surface area contributed by atoms with Crippen LogP contribution in [0.4, 0.5) is 18.9 Å². The molecule has 0 saturated carbocycles. The molecule has 1 heterocycles. The summed E-state index contributed by atoms with van der Waals surface area (Å²) in [6.45, 7) is 1.39. The van der Waals surface area contributed by atoms with E-state index in [2.05, 4.69) is 0 Å². The Kier molecular flexibility index (Phi) is 5.11. The first-order valence-corrected chi connectivity index (χ1v) is 8.14. The summed E-state index contributed by atoms with van der Waals surface area (Å²) in [5.41, 5.74) is 0.417. The molecule has 1 fully saturated rings. The van der Waals surface area contributed by atoms with Crippen LogP contribution >= 0.6 is 23.2 Å². The molecule has 0 amide bonds. The molecule has 0 bridgehead atoms. The van der Waals surface area contributed by atoms with Gasteiger partial charge in [-0.25, -0.2) is 13.2 Å². The van der Waals surface area contributed by atoms with Crippen molar-refractivity contribution in [3.05, 3.63) is 57.3 Å². The lowest BCUT2D eigenvalue weighted by atomic mass is 10.1. The van der Waals surface area contributed by atoms with Crippen LogP contribution < -0.4 is 9.64 Å². The summed E-state index contributed by atoms with van der Waals surface area (Å²) < 4.78 is 46.0. The fourth-order valence-corrected chi connectivity index (χ4v) is 2.91. The van der Waals surface area contributed by atoms with Crippen molar-refractivity contribution in [1.29, 1.82) is 0 Å². The first-order valence-electron chi connectivity index (χ1n) is 7.39. The Morgan fingerprint density at radius 3 is 2.46 bits per heavy atom. The van der Waals surface area contributed by atoms with Gasteiger partial charge in [0.2, 0.25) is 0 Å². The molecule has 1 aliphatic rings. The number of hydrogen-bond acceptors (Lipinski definition) is 2. The Morgan fingerprint density at radius 1 is 1.12 bits per heavy atom. The van der Waals surface area contributed by atoms with Crippen LogP contribution in [0.15, 0.2) is 30.3 Å². The van der Waals surface area contributed by atoms with Crippen molar-refractivity contribution in [2.24, 2.45) is 0 Å². The van der Waals surface area contributed by atoms with E-state index in [1.165, 1.54) is 6.07 Å². The number of rotatable bonds is 5. The number of alkyl halides is 2. The van der Waals surface area contributed by atoms with Crippen molar-refractivity contribution < 1.29 is 17.9 Å². The Labute approximate surface area is 147 Å². The molecule has 3 rings (SSSR count). The van der Waals surface area contributed by atoms with Crippen LogP contribution in [0.2, 0.25) is 10.0 Å². The standard InChI is InChI=1S/C17H14Cl2F3NO/c18-11-3-2-10(13(19)6-11)9-24-16-8-15(23-4-1-5-23)14(20)7-12(16)17(21)22/h2-3,6-8,17H,1,4-5,9H2. The minimum atomic E-state index is -2.83. The normalized spacial score (nSPS) is 14.0. The second kappa shape index (κ2) is 7.11. The lowest BCUT2D eigenvalue weighted by Gasteiger charge is -2.33. The van der Waals surface area contributed by atoms with Crippen molar-refractivity contribution in [3.63, 3.8) is 0 Å². The molecule has 0 aliphatic carbocycles. The van der Waals surface area contributed by atoms with Gasteiger partial charge in [-0.05, 0) is 24.6 Å². The van der Waals surface area contributed by atoms with Crippen molar-refractivity contribution in [1.82, 2.24) is 0 Å². The van der Waals surface area contributed by atoms with Crippen LogP contribution in [0, 0.1) is 5.82 Å². The fraction of sp³-hybridized carbons (Fsp3) is 0.294. The molecule has 2 aromatic carbocycles. The number of nitrogens with zero attached hydrogens (tertiary/aromatic N) is 1. The Morgan fingerprint density at radius 2 is 1.88 bits per heavy atom. The van der Waals surface area contributed by atoms with E-state index >= 15 is 0 Å². The van der Waals surface area contributed by atoms with Gasteiger partial charge in [0.1, 0.15) is 18.2 Å². The highest BCUT2D eigenvalue weighted by Gasteiger charge is 2.24. The van der Waals surface area contributed by atoms with Crippen LogP contribution in [0.5, 0.6) is 5.75 Å². The zero-order valence-corrected chi connectivity index (χ0v) is 14.0. The van der Waals surface area contributed by atoms with Crippen molar-refractivity contribution in [3.8, 4) is 5.75 Å². The van der Waals surface area contributed by atoms with E-state index in [9.17, 15) is 13.2 Å². The van der Waals surface area contributed by atoms with E-state index < -0.39 is 17.8 Å². The summed E-state index contributed by atoms with van der Waals surface area (Å²) in [5, 5.41) is 0.852. The van der Waals surface area contributed by atoms with Crippen LogP contribution in [0.25, 0.3) is 0 Å². The molecule has 128 valence electrons. The van der Waals surface area contributed by atoms with Crippen molar-refractivity contribution in [2.45, 2.75) is 19.5 Å². The Hall–Kier alpha value is -1.59. The molecule has 2 nitrogen and oxygen atoms in total. The van der Waals surface area contributed by atoms with Crippen LogP contribution in [0.3, 0.4) is 0 Å². The summed E-state index contributed by atoms with van der Waals surface area (Å²) in [7, 11) is 0. The highest BCUT2D eigenvalue weighted by molar-refractivity contribution is 6.35. The summed E-state index contributed by atoms with van der Waals surface area (Å²) >= 11 is 11.9. The Bertz CT molecular complexity index is 751. The third-order valence-corrected chi connectivity index (χ3v) is 4.50. The molecule has 0 atom stereocenters. The summed E-state index contributed by atoms with van der Waals surface area (Å²) in [6.07, 6.45) is -1.88. The lowest BCUT2D eigenvalue weighted by molar-refractivity contribution is 0.144. The van der Waals surface area contributed by atoms with Gasteiger partial charge in [0.15, 0.2) is 0 Å². The molecule has 24 heavy (non-hydrogen) atoms. The Balaban J connectivity index is 1.87. The fourth-order valence-electron chi connectivity index (χ4n) is 2.45. The van der Waals surface area contributed by atoms with E-state index in [1.54, 1.807) is 23.1 Å². The van der Waals surface area contributed by atoms with E-state index in [0.717, 1.165) is 12.5 Å². The highest BCUT2D eigenvalue weighted by Crippen LogP contribution is 2.37. The van der Waals surface area contributed by atoms with Gasteiger partial charge >= 0.3 is 0 Å². The first kappa shape index (κ1) is 17.2. The summed E-state index contributed by atoms with van der Waals surface area (Å²) in [4.78, 5) is 1.78. The number of ether oxygens (including phenoxy) is 1. The van der Waals surface area contributed by atoms with E-state index in [1.807, 2.05) is 0 Å². The van der Waals surface area contributed by atoms with Gasteiger partial charge in [-0.2, -0.15) is 0 Å². The molecule has 0 aromatic heterocycles. The smallest absolute Gasteiger partial charge is 0.267 e. The van der Waals surface area contributed by atoms with E-state index in [-0.39, 0.29) is 18.0 Å². The minimum absolute atomic E-state index is 0.0131. The van der Waals surface area contributed by atoms with E-state index in [0.29, 0.717) is 28.7 Å². The molecule has 7 heteroatoms. The molecule has 1 saturated heterocycles. The van der Waals surface area contributed by atoms with E-state index in [4.69, 9.17) is 27.9 Å². The molecule has 0 radical (unpaired) electrons. The SMILES string of the molecule is Fc1cc(C(F)F)c(OCc2ccc(Cl)cc2Cl)cc1N1CCC1. The predicted molar refractivity (Wildman–Crippen MR) is 89.0 cm³/mol. The number of hydrogen-bond donors (Lipinski definition) is 0. The van der Waals surface area contributed by atoms with Gasteiger partial charge < -0.3 is 9.64 Å². The molecule has 1 aliphatic heterocycles. The zero-order valence-electron chi connectivity index (χ0n) is 12.5. The number of benzene rings is 2. The second-order valence-electron chi connectivity index (χ2n) is 5.51. The molecular weight excluding hydrogens is 362 g/mol. The molecule has 0 spiro atoms. The van der Waals surface area contributed by atoms with Gasteiger partial charge in [0.25, 0.3) is 6.43 Å². The topological polar surface area (TPSA) is 12.5 Å². The lowest BCUT2D eigenvalue weighted by Crippen LogP contribution is -2.37. The van der Waals surface area contributed by atoms with Gasteiger partial charge in [0, 0.05) is 34.8 Å².